The Morgan fingerprint density at radius 1 is 1.25 bits per heavy atom. The van der Waals surface area contributed by atoms with E-state index in [1.165, 1.54) is 0 Å². The second kappa shape index (κ2) is 3.05. The molecule has 2 heteroatoms. The number of nitrogens with zero attached hydrogens (tertiary/aromatic N) is 1. The van der Waals surface area contributed by atoms with Crippen LogP contribution in [0.15, 0.2) is 6.20 Å². The second-order valence-corrected chi connectivity index (χ2v) is 3.06. The summed E-state index contributed by atoms with van der Waals surface area (Å²) in [5.41, 5.74) is 3.90. The van der Waals surface area contributed by atoms with Crippen LogP contribution in [0, 0.1) is 20.8 Å². The summed E-state index contributed by atoms with van der Waals surface area (Å²) >= 11 is 0. The molecule has 64 valence electrons. The minimum absolute atomic E-state index is 0.0862. The molecule has 0 amide bonds. The molecule has 1 aromatic heterocycles. The molecule has 0 radical (unpaired) electrons. The average Bonchev–Trinajstić information content (AvgIpc) is 2.00. The van der Waals surface area contributed by atoms with Crippen molar-refractivity contribution in [3.8, 4) is 0 Å². The molecule has 1 aromatic rings. The highest BCUT2D eigenvalue weighted by molar-refractivity contribution is 5.95. The Morgan fingerprint density at radius 2 is 1.83 bits per heavy atom. The van der Waals surface area contributed by atoms with Crippen molar-refractivity contribution in [2.75, 3.05) is 0 Å². The topological polar surface area (TPSA) is 30.0 Å². The Morgan fingerprint density at radius 3 is 2.33 bits per heavy atom. The number of aromatic nitrogens is 1. The standard InChI is InChI=1S/C10H13NO/c1-6-7(2)10(9(4)12)5-11-8(6)3/h5H,1-4H3. The SMILES string of the molecule is CC(=O)c1cnc(C)c(C)c1C. The molecule has 0 fully saturated rings. The summed E-state index contributed by atoms with van der Waals surface area (Å²) < 4.78 is 0. The number of hydrogen-bond acceptors (Lipinski definition) is 2. The van der Waals surface area contributed by atoms with E-state index in [4.69, 9.17) is 0 Å². The third-order valence-electron chi connectivity index (χ3n) is 2.28. The molecule has 0 bridgehead atoms. The lowest BCUT2D eigenvalue weighted by Gasteiger charge is -2.06. The molecule has 12 heavy (non-hydrogen) atoms. The normalized spacial score (nSPS) is 10.0. The lowest BCUT2D eigenvalue weighted by atomic mass is 10.0. The third kappa shape index (κ3) is 1.37. The first-order valence-electron chi connectivity index (χ1n) is 3.97. The minimum atomic E-state index is 0.0862. The lowest BCUT2D eigenvalue weighted by molar-refractivity contribution is 0.101. The van der Waals surface area contributed by atoms with E-state index in [-0.39, 0.29) is 5.78 Å². The van der Waals surface area contributed by atoms with Crippen LogP contribution in [0.5, 0.6) is 0 Å². The maximum atomic E-state index is 11.1. The van der Waals surface area contributed by atoms with Crippen molar-refractivity contribution in [3.63, 3.8) is 0 Å². The van der Waals surface area contributed by atoms with Gasteiger partial charge in [-0.1, -0.05) is 0 Å². The second-order valence-electron chi connectivity index (χ2n) is 3.06. The van der Waals surface area contributed by atoms with Gasteiger partial charge in [0.05, 0.1) is 0 Å². The molecule has 0 saturated heterocycles. The third-order valence-corrected chi connectivity index (χ3v) is 2.28. The molecule has 0 aliphatic carbocycles. The van der Waals surface area contributed by atoms with E-state index in [1.54, 1.807) is 13.1 Å². The van der Waals surface area contributed by atoms with Crippen molar-refractivity contribution in [2.24, 2.45) is 0 Å². The highest BCUT2D eigenvalue weighted by atomic mass is 16.1. The first-order valence-corrected chi connectivity index (χ1v) is 3.97. The largest absolute Gasteiger partial charge is 0.294 e. The minimum Gasteiger partial charge on any atom is -0.294 e. The maximum Gasteiger partial charge on any atom is 0.161 e. The van der Waals surface area contributed by atoms with E-state index in [9.17, 15) is 4.79 Å². The van der Waals surface area contributed by atoms with Crippen LogP contribution in [0.25, 0.3) is 0 Å². The quantitative estimate of drug-likeness (QED) is 0.594. The van der Waals surface area contributed by atoms with Crippen LogP contribution < -0.4 is 0 Å². The van der Waals surface area contributed by atoms with Crippen molar-refractivity contribution < 1.29 is 4.79 Å². The first kappa shape index (κ1) is 8.91. The Bertz CT molecular complexity index is 329. The molecule has 0 N–H and O–H groups in total. The maximum absolute atomic E-state index is 11.1. The van der Waals surface area contributed by atoms with Gasteiger partial charge in [-0.3, -0.25) is 9.78 Å². The number of Topliss-reactive ketones (excluding diaryl/α,β-unsaturated/α-hetero) is 1. The summed E-state index contributed by atoms with van der Waals surface area (Å²) in [5.74, 6) is 0.0862. The summed E-state index contributed by atoms with van der Waals surface area (Å²) in [6, 6.07) is 0. The first-order chi connectivity index (χ1) is 5.54. The Labute approximate surface area is 72.6 Å². The van der Waals surface area contributed by atoms with E-state index < -0.39 is 0 Å². The molecular weight excluding hydrogens is 150 g/mol. The highest BCUT2D eigenvalue weighted by Crippen LogP contribution is 2.14. The zero-order valence-corrected chi connectivity index (χ0v) is 7.93. The Hall–Kier alpha value is -1.18. The van der Waals surface area contributed by atoms with Gasteiger partial charge in [-0.25, -0.2) is 0 Å². The van der Waals surface area contributed by atoms with Gasteiger partial charge in [-0.15, -0.1) is 0 Å². The molecule has 0 spiro atoms. The lowest BCUT2D eigenvalue weighted by Crippen LogP contribution is -2.01. The smallest absolute Gasteiger partial charge is 0.161 e. The van der Waals surface area contributed by atoms with Crippen molar-refractivity contribution in [2.45, 2.75) is 27.7 Å². The van der Waals surface area contributed by atoms with Crippen LogP contribution in [-0.2, 0) is 0 Å². The molecule has 0 atom stereocenters. The Balaban J connectivity index is 3.36. The van der Waals surface area contributed by atoms with E-state index in [1.807, 2.05) is 20.8 Å². The number of rotatable bonds is 1. The number of ketones is 1. The molecule has 0 aromatic carbocycles. The van der Waals surface area contributed by atoms with Gasteiger partial charge in [-0.05, 0) is 38.8 Å². The number of hydrogen-bond donors (Lipinski definition) is 0. The fourth-order valence-electron chi connectivity index (χ4n) is 1.18. The molecule has 1 rings (SSSR count). The van der Waals surface area contributed by atoms with Crippen molar-refractivity contribution in [1.82, 2.24) is 4.98 Å². The van der Waals surface area contributed by atoms with Gasteiger partial charge in [0.15, 0.2) is 5.78 Å². The molecule has 0 saturated carbocycles. The monoisotopic (exact) mass is 163 g/mol. The number of pyridine rings is 1. The van der Waals surface area contributed by atoms with Gasteiger partial charge < -0.3 is 0 Å². The summed E-state index contributed by atoms with van der Waals surface area (Å²) in [5, 5.41) is 0. The van der Waals surface area contributed by atoms with Crippen LogP contribution in [0.3, 0.4) is 0 Å². The van der Waals surface area contributed by atoms with E-state index in [0.717, 1.165) is 22.4 Å². The number of carbonyl (C=O) groups is 1. The molecule has 0 unspecified atom stereocenters. The van der Waals surface area contributed by atoms with Gasteiger partial charge in [0.1, 0.15) is 0 Å². The van der Waals surface area contributed by atoms with Crippen LogP contribution in [0.1, 0.15) is 34.1 Å². The van der Waals surface area contributed by atoms with Gasteiger partial charge in [-0.2, -0.15) is 0 Å². The zero-order chi connectivity index (χ0) is 9.30. The fraction of sp³-hybridized carbons (Fsp3) is 0.400. The summed E-state index contributed by atoms with van der Waals surface area (Å²) in [6.45, 7) is 7.47. The summed E-state index contributed by atoms with van der Waals surface area (Å²) in [4.78, 5) is 15.2. The molecule has 0 aliphatic rings. The van der Waals surface area contributed by atoms with Gasteiger partial charge in [0.25, 0.3) is 0 Å². The zero-order valence-electron chi connectivity index (χ0n) is 7.93. The van der Waals surface area contributed by atoms with Crippen LogP contribution in [0.2, 0.25) is 0 Å². The van der Waals surface area contributed by atoms with Crippen LogP contribution in [0.4, 0.5) is 0 Å². The van der Waals surface area contributed by atoms with Crippen molar-refractivity contribution in [1.29, 1.82) is 0 Å². The Kier molecular flexibility index (Phi) is 2.27. The fourth-order valence-corrected chi connectivity index (χ4v) is 1.18. The summed E-state index contributed by atoms with van der Waals surface area (Å²) in [7, 11) is 0. The molecule has 2 nitrogen and oxygen atoms in total. The highest BCUT2D eigenvalue weighted by Gasteiger charge is 2.07. The van der Waals surface area contributed by atoms with Crippen LogP contribution in [-0.4, -0.2) is 10.8 Å². The predicted molar refractivity (Wildman–Crippen MR) is 48.5 cm³/mol. The average molecular weight is 163 g/mol. The molecule has 0 aliphatic heterocycles. The number of aryl methyl sites for hydroxylation is 1. The summed E-state index contributed by atoms with van der Waals surface area (Å²) in [6.07, 6.45) is 1.65. The van der Waals surface area contributed by atoms with E-state index >= 15 is 0 Å². The number of carbonyl (C=O) groups excluding carboxylic acids is 1. The van der Waals surface area contributed by atoms with Crippen molar-refractivity contribution in [3.05, 3.63) is 28.6 Å². The predicted octanol–water partition coefficient (Wildman–Crippen LogP) is 2.21. The van der Waals surface area contributed by atoms with E-state index in [0.29, 0.717) is 0 Å². The van der Waals surface area contributed by atoms with Gasteiger partial charge >= 0.3 is 0 Å². The molecular formula is C10H13NO. The van der Waals surface area contributed by atoms with Gasteiger partial charge in [0, 0.05) is 17.5 Å². The van der Waals surface area contributed by atoms with E-state index in [2.05, 4.69) is 4.98 Å². The van der Waals surface area contributed by atoms with Gasteiger partial charge in [0.2, 0.25) is 0 Å². The van der Waals surface area contributed by atoms with Crippen LogP contribution >= 0.6 is 0 Å². The van der Waals surface area contributed by atoms with Crippen molar-refractivity contribution >= 4 is 5.78 Å². The molecule has 1 heterocycles.